The topological polar surface area (TPSA) is 0 Å². The van der Waals surface area contributed by atoms with E-state index in [9.17, 15) is 0 Å². The molecule has 1 nitrogen and oxygen atoms in total. The maximum absolute atomic E-state index is 2.34. The molecule has 0 fully saturated rings. The van der Waals surface area contributed by atoms with E-state index in [1.54, 1.807) is 0 Å². The van der Waals surface area contributed by atoms with Crippen molar-refractivity contribution in [2.24, 2.45) is 5.92 Å². The van der Waals surface area contributed by atoms with Crippen LogP contribution in [0.25, 0.3) is 0 Å². The summed E-state index contributed by atoms with van der Waals surface area (Å²) in [6.07, 6.45) is 0. The molecule has 1 unspecified atom stereocenters. The van der Waals surface area contributed by atoms with Gasteiger partial charge in [-0.15, -0.1) is 0 Å². The van der Waals surface area contributed by atoms with Gasteiger partial charge in [-0.05, 0) is 20.8 Å². The second-order valence-corrected chi connectivity index (χ2v) is 4.71. The highest BCUT2D eigenvalue weighted by molar-refractivity contribution is 4.57. The van der Waals surface area contributed by atoms with Crippen LogP contribution in [0.2, 0.25) is 0 Å². The van der Waals surface area contributed by atoms with Crippen LogP contribution in [-0.2, 0) is 0 Å². The molecule has 11 heavy (non-hydrogen) atoms. The van der Waals surface area contributed by atoms with Gasteiger partial charge in [0.1, 0.15) is 0 Å². The minimum absolute atomic E-state index is 0.715. The second kappa shape index (κ2) is 3.57. The van der Waals surface area contributed by atoms with Gasteiger partial charge in [-0.1, -0.05) is 13.8 Å². The average molecular weight is 158 g/mol. The first kappa shape index (κ1) is 11.0. The van der Waals surface area contributed by atoms with Crippen molar-refractivity contribution >= 4 is 0 Å². The first-order valence-corrected chi connectivity index (χ1v) is 4.63. The monoisotopic (exact) mass is 158 g/mol. The van der Waals surface area contributed by atoms with Gasteiger partial charge in [0, 0.05) is 5.92 Å². The lowest BCUT2D eigenvalue weighted by Crippen LogP contribution is -2.54. The van der Waals surface area contributed by atoms with Gasteiger partial charge < -0.3 is 4.48 Å². The molecule has 0 aliphatic rings. The van der Waals surface area contributed by atoms with Crippen molar-refractivity contribution in [3.8, 4) is 0 Å². The SMILES string of the molecule is CC(C)C(C)[N+](C)(C)C(C)C. The Hall–Kier alpha value is -0.0400. The summed E-state index contributed by atoms with van der Waals surface area (Å²) in [4.78, 5) is 0. The molecule has 0 spiro atoms. The fourth-order valence-corrected chi connectivity index (χ4v) is 1.24. The molecule has 0 saturated heterocycles. The van der Waals surface area contributed by atoms with Crippen LogP contribution in [0.1, 0.15) is 34.6 Å². The molecule has 0 aromatic rings. The quantitative estimate of drug-likeness (QED) is 0.554. The summed E-state index contributed by atoms with van der Waals surface area (Å²) in [5, 5.41) is 0. The molecular weight excluding hydrogens is 134 g/mol. The van der Waals surface area contributed by atoms with Crippen LogP contribution in [0.3, 0.4) is 0 Å². The zero-order chi connectivity index (χ0) is 9.23. The number of quaternary nitrogens is 1. The van der Waals surface area contributed by atoms with Gasteiger partial charge in [0.05, 0.1) is 26.2 Å². The Balaban J connectivity index is 4.29. The zero-order valence-electron chi connectivity index (χ0n) is 9.18. The number of hydrogen-bond donors (Lipinski definition) is 0. The fraction of sp³-hybridized carbons (Fsp3) is 1.00. The van der Waals surface area contributed by atoms with E-state index in [1.165, 1.54) is 0 Å². The third-order valence-electron chi connectivity index (χ3n) is 3.35. The van der Waals surface area contributed by atoms with Crippen LogP contribution in [-0.4, -0.2) is 30.7 Å². The summed E-state index contributed by atoms with van der Waals surface area (Å²) in [6, 6.07) is 1.46. The normalized spacial score (nSPS) is 16.1. The fourth-order valence-electron chi connectivity index (χ4n) is 1.24. The lowest BCUT2D eigenvalue weighted by atomic mass is 10.0. The third kappa shape index (κ3) is 2.48. The Morgan fingerprint density at radius 2 is 1.18 bits per heavy atom. The van der Waals surface area contributed by atoms with Crippen molar-refractivity contribution in [2.45, 2.75) is 46.7 Å². The summed E-state index contributed by atoms with van der Waals surface area (Å²) in [6.45, 7) is 11.5. The van der Waals surface area contributed by atoms with E-state index >= 15 is 0 Å². The van der Waals surface area contributed by atoms with Crippen LogP contribution in [0, 0.1) is 5.92 Å². The van der Waals surface area contributed by atoms with Crippen molar-refractivity contribution in [3.05, 3.63) is 0 Å². The van der Waals surface area contributed by atoms with Crippen LogP contribution < -0.4 is 0 Å². The van der Waals surface area contributed by atoms with Gasteiger partial charge in [0.15, 0.2) is 0 Å². The van der Waals surface area contributed by atoms with E-state index in [4.69, 9.17) is 0 Å². The minimum atomic E-state index is 0.715. The molecule has 0 radical (unpaired) electrons. The minimum Gasteiger partial charge on any atom is -0.324 e. The van der Waals surface area contributed by atoms with E-state index < -0.39 is 0 Å². The highest BCUT2D eigenvalue weighted by Gasteiger charge is 2.29. The van der Waals surface area contributed by atoms with Crippen LogP contribution >= 0.6 is 0 Å². The molecule has 0 aromatic heterocycles. The number of rotatable bonds is 3. The van der Waals surface area contributed by atoms with Crippen molar-refractivity contribution in [2.75, 3.05) is 14.1 Å². The molecule has 1 heteroatoms. The Kier molecular flexibility index (Phi) is 3.56. The summed E-state index contributed by atoms with van der Waals surface area (Å²) in [5.41, 5.74) is 0. The number of hydrogen-bond acceptors (Lipinski definition) is 0. The molecule has 0 rings (SSSR count). The van der Waals surface area contributed by atoms with E-state index in [1.807, 2.05) is 0 Å². The Morgan fingerprint density at radius 1 is 0.818 bits per heavy atom. The van der Waals surface area contributed by atoms with Gasteiger partial charge in [-0.3, -0.25) is 0 Å². The average Bonchev–Trinajstić information content (AvgIpc) is 1.85. The van der Waals surface area contributed by atoms with Crippen LogP contribution in [0.15, 0.2) is 0 Å². The summed E-state index contributed by atoms with van der Waals surface area (Å²) in [7, 11) is 4.63. The molecule has 68 valence electrons. The van der Waals surface area contributed by atoms with Crippen molar-refractivity contribution in [1.29, 1.82) is 0 Å². The van der Waals surface area contributed by atoms with Gasteiger partial charge in [-0.25, -0.2) is 0 Å². The maximum Gasteiger partial charge on any atom is 0.0882 e. The zero-order valence-corrected chi connectivity index (χ0v) is 9.18. The predicted octanol–water partition coefficient (Wildman–Crippen LogP) is 2.52. The molecule has 0 saturated carbocycles. The van der Waals surface area contributed by atoms with Gasteiger partial charge >= 0.3 is 0 Å². The van der Waals surface area contributed by atoms with E-state index in [0.29, 0.717) is 6.04 Å². The third-order valence-corrected chi connectivity index (χ3v) is 3.35. The second-order valence-electron chi connectivity index (χ2n) is 4.71. The van der Waals surface area contributed by atoms with Crippen LogP contribution in [0.5, 0.6) is 0 Å². The first-order valence-electron chi connectivity index (χ1n) is 4.63. The molecule has 0 aromatic carbocycles. The highest BCUT2D eigenvalue weighted by Crippen LogP contribution is 2.18. The smallest absolute Gasteiger partial charge is 0.0882 e. The molecular formula is C10H24N+. The molecule has 0 bridgehead atoms. The molecule has 0 aliphatic heterocycles. The maximum atomic E-state index is 2.34. The van der Waals surface area contributed by atoms with Crippen molar-refractivity contribution in [1.82, 2.24) is 0 Å². The molecule has 1 atom stereocenters. The molecule has 0 heterocycles. The lowest BCUT2D eigenvalue weighted by Gasteiger charge is -2.42. The first-order chi connectivity index (χ1) is 4.80. The van der Waals surface area contributed by atoms with E-state index in [0.717, 1.165) is 16.4 Å². The Morgan fingerprint density at radius 3 is 1.27 bits per heavy atom. The van der Waals surface area contributed by atoms with Crippen LogP contribution in [0.4, 0.5) is 0 Å². The van der Waals surface area contributed by atoms with Gasteiger partial charge in [0.25, 0.3) is 0 Å². The largest absolute Gasteiger partial charge is 0.324 e. The summed E-state index contributed by atoms with van der Waals surface area (Å²) >= 11 is 0. The van der Waals surface area contributed by atoms with E-state index in [2.05, 4.69) is 48.7 Å². The Labute approximate surface area is 72.0 Å². The predicted molar refractivity (Wildman–Crippen MR) is 51.5 cm³/mol. The van der Waals surface area contributed by atoms with E-state index in [-0.39, 0.29) is 0 Å². The van der Waals surface area contributed by atoms with Crippen molar-refractivity contribution in [3.63, 3.8) is 0 Å². The molecule has 0 amide bonds. The number of nitrogens with zero attached hydrogens (tertiary/aromatic N) is 1. The van der Waals surface area contributed by atoms with Crippen molar-refractivity contribution < 1.29 is 4.48 Å². The summed E-state index contributed by atoms with van der Waals surface area (Å²) in [5.74, 6) is 0.771. The van der Waals surface area contributed by atoms with Gasteiger partial charge in [-0.2, -0.15) is 0 Å². The Bertz CT molecular complexity index is 114. The molecule has 0 N–H and O–H groups in total. The van der Waals surface area contributed by atoms with Gasteiger partial charge in [0.2, 0.25) is 0 Å². The molecule has 0 aliphatic carbocycles. The standard InChI is InChI=1S/C10H24N/c1-8(2)10(5)11(6,7)9(3)4/h8-10H,1-7H3/q+1. The lowest BCUT2D eigenvalue weighted by molar-refractivity contribution is -0.936. The summed E-state index contributed by atoms with van der Waals surface area (Å²) < 4.78 is 1.12. The highest BCUT2D eigenvalue weighted by atomic mass is 15.3.